The van der Waals surface area contributed by atoms with Crippen LogP contribution in [0.2, 0.25) is 0 Å². The van der Waals surface area contributed by atoms with E-state index in [4.69, 9.17) is 9.47 Å². The Kier molecular flexibility index (Phi) is 8.29. The molecule has 1 aliphatic heterocycles. The van der Waals surface area contributed by atoms with Crippen molar-refractivity contribution in [1.29, 1.82) is 0 Å². The Labute approximate surface area is 191 Å². The van der Waals surface area contributed by atoms with Gasteiger partial charge in [0.15, 0.2) is 5.69 Å². The fraction of sp³-hybridized carbons (Fsp3) is 0.560. The number of methoxy groups -OCH3 is 1. The molecule has 1 amide bonds. The number of benzene rings is 1. The molecule has 0 N–H and O–H groups in total. The van der Waals surface area contributed by atoms with Crippen LogP contribution in [0.3, 0.4) is 0 Å². The van der Waals surface area contributed by atoms with Crippen LogP contribution in [0.25, 0.3) is 0 Å². The third-order valence-corrected chi connectivity index (χ3v) is 6.15. The SMILES string of the molecule is CCN(CC)C(=O)[C@H](C)[C@H]1CC[C@@H](C[C@@H](C)n2cc(C#Cc3ccc(OC)cc3)nn2)O1. The van der Waals surface area contributed by atoms with Gasteiger partial charge in [0, 0.05) is 18.7 Å². The zero-order chi connectivity index (χ0) is 23.1. The van der Waals surface area contributed by atoms with Gasteiger partial charge >= 0.3 is 0 Å². The quantitative estimate of drug-likeness (QED) is 0.588. The Morgan fingerprint density at radius 3 is 2.59 bits per heavy atom. The molecule has 3 rings (SSSR count). The van der Waals surface area contributed by atoms with Gasteiger partial charge in [0.25, 0.3) is 0 Å². The van der Waals surface area contributed by atoms with Crippen molar-refractivity contribution in [1.82, 2.24) is 19.9 Å². The molecule has 0 unspecified atom stereocenters. The predicted octanol–water partition coefficient (Wildman–Crippen LogP) is 3.69. The first-order valence-corrected chi connectivity index (χ1v) is 11.5. The van der Waals surface area contributed by atoms with E-state index in [-0.39, 0.29) is 30.1 Å². The van der Waals surface area contributed by atoms with Crippen molar-refractivity contribution in [3.63, 3.8) is 0 Å². The van der Waals surface area contributed by atoms with Crippen molar-refractivity contribution in [2.75, 3.05) is 20.2 Å². The van der Waals surface area contributed by atoms with Crippen LogP contribution in [0.4, 0.5) is 0 Å². The lowest BCUT2D eigenvalue weighted by Gasteiger charge is -2.26. The van der Waals surface area contributed by atoms with Crippen molar-refractivity contribution < 1.29 is 14.3 Å². The number of hydrogen-bond donors (Lipinski definition) is 0. The number of carbonyl (C=O) groups excluding carboxylic acids is 1. The molecule has 1 saturated heterocycles. The maximum atomic E-state index is 12.6. The van der Waals surface area contributed by atoms with Gasteiger partial charge < -0.3 is 14.4 Å². The Balaban J connectivity index is 1.54. The molecule has 1 aromatic heterocycles. The zero-order valence-electron chi connectivity index (χ0n) is 19.7. The Hall–Kier alpha value is -2.85. The summed E-state index contributed by atoms with van der Waals surface area (Å²) in [5.74, 6) is 7.05. The van der Waals surface area contributed by atoms with Gasteiger partial charge in [0.1, 0.15) is 5.75 Å². The Morgan fingerprint density at radius 2 is 1.94 bits per heavy atom. The van der Waals surface area contributed by atoms with E-state index >= 15 is 0 Å². The Morgan fingerprint density at radius 1 is 1.22 bits per heavy atom. The summed E-state index contributed by atoms with van der Waals surface area (Å²) < 4.78 is 13.3. The molecule has 1 fully saturated rings. The minimum absolute atomic E-state index is 0.0121. The van der Waals surface area contributed by atoms with Gasteiger partial charge in [-0.05, 0) is 70.2 Å². The maximum absolute atomic E-state index is 12.6. The number of rotatable bonds is 8. The van der Waals surface area contributed by atoms with Crippen molar-refractivity contribution in [2.45, 2.75) is 65.2 Å². The first-order valence-electron chi connectivity index (χ1n) is 11.5. The van der Waals surface area contributed by atoms with E-state index in [1.807, 2.05) is 60.8 Å². The number of hydrogen-bond acceptors (Lipinski definition) is 5. The van der Waals surface area contributed by atoms with Crippen LogP contribution in [0.5, 0.6) is 5.75 Å². The van der Waals surface area contributed by atoms with Crippen LogP contribution in [0, 0.1) is 17.8 Å². The summed E-state index contributed by atoms with van der Waals surface area (Å²) in [5.41, 5.74) is 1.53. The largest absolute Gasteiger partial charge is 0.497 e. The highest BCUT2D eigenvalue weighted by Gasteiger charge is 2.35. The molecule has 0 saturated carbocycles. The molecule has 7 heteroatoms. The first kappa shape index (κ1) is 23.8. The van der Waals surface area contributed by atoms with Gasteiger partial charge in [-0.1, -0.05) is 18.1 Å². The van der Waals surface area contributed by atoms with Crippen molar-refractivity contribution in [2.24, 2.45) is 5.92 Å². The first-order chi connectivity index (χ1) is 15.4. The second-order valence-corrected chi connectivity index (χ2v) is 8.32. The topological polar surface area (TPSA) is 69.5 Å². The molecule has 0 spiro atoms. The third-order valence-electron chi connectivity index (χ3n) is 6.15. The molecular weight excluding hydrogens is 404 g/mol. The van der Waals surface area contributed by atoms with Gasteiger partial charge in [-0.2, -0.15) is 0 Å². The average molecular weight is 439 g/mol. The van der Waals surface area contributed by atoms with Gasteiger partial charge in [-0.25, -0.2) is 4.68 Å². The molecule has 4 atom stereocenters. The lowest BCUT2D eigenvalue weighted by Crippen LogP contribution is -2.39. The lowest BCUT2D eigenvalue weighted by molar-refractivity contribution is -0.139. The van der Waals surface area contributed by atoms with E-state index in [9.17, 15) is 4.79 Å². The highest BCUT2D eigenvalue weighted by Crippen LogP contribution is 2.31. The monoisotopic (exact) mass is 438 g/mol. The lowest BCUT2D eigenvalue weighted by atomic mass is 9.99. The predicted molar refractivity (Wildman–Crippen MR) is 123 cm³/mol. The highest BCUT2D eigenvalue weighted by atomic mass is 16.5. The minimum atomic E-state index is -0.110. The molecule has 172 valence electrons. The van der Waals surface area contributed by atoms with E-state index in [0.717, 1.165) is 43.7 Å². The van der Waals surface area contributed by atoms with Crippen LogP contribution in [0.15, 0.2) is 30.5 Å². The summed E-state index contributed by atoms with van der Waals surface area (Å²) in [5, 5.41) is 8.44. The number of aromatic nitrogens is 3. The third kappa shape index (κ3) is 5.89. The molecule has 1 aromatic carbocycles. The van der Waals surface area contributed by atoms with E-state index in [1.165, 1.54) is 0 Å². The van der Waals surface area contributed by atoms with Gasteiger partial charge in [-0.3, -0.25) is 4.79 Å². The molecule has 0 radical (unpaired) electrons. The molecule has 2 aromatic rings. The number of ether oxygens (including phenoxy) is 2. The van der Waals surface area contributed by atoms with Crippen molar-refractivity contribution >= 4 is 5.91 Å². The summed E-state index contributed by atoms with van der Waals surface area (Å²) in [6.07, 6.45) is 4.70. The van der Waals surface area contributed by atoms with E-state index < -0.39 is 0 Å². The Bertz CT molecular complexity index is 940. The normalized spacial score (nSPS) is 19.7. The molecule has 0 aliphatic carbocycles. The second kappa shape index (κ2) is 11.1. The van der Waals surface area contributed by atoms with Gasteiger partial charge in [0.05, 0.1) is 37.5 Å². The van der Waals surface area contributed by atoms with Gasteiger partial charge in [0.2, 0.25) is 5.91 Å². The smallest absolute Gasteiger partial charge is 0.228 e. The molecule has 7 nitrogen and oxygen atoms in total. The fourth-order valence-electron chi connectivity index (χ4n) is 4.11. The molecule has 1 aliphatic rings. The van der Waals surface area contributed by atoms with Crippen molar-refractivity contribution in [3.8, 4) is 17.6 Å². The van der Waals surface area contributed by atoms with Crippen LogP contribution in [-0.2, 0) is 9.53 Å². The summed E-state index contributed by atoms with van der Waals surface area (Å²) in [4.78, 5) is 14.5. The fourth-order valence-corrected chi connectivity index (χ4v) is 4.11. The molecule has 0 bridgehead atoms. The van der Waals surface area contributed by atoms with Crippen LogP contribution in [0.1, 0.15) is 64.3 Å². The highest BCUT2D eigenvalue weighted by molar-refractivity contribution is 5.79. The van der Waals surface area contributed by atoms with Crippen LogP contribution < -0.4 is 4.74 Å². The summed E-state index contributed by atoms with van der Waals surface area (Å²) in [6, 6.07) is 7.73. The standard InChI is InChI=1S/C25H34N4O3/c1-6-28(7-2)25(30)19(4)24-15-14-23(32-24)16-18(3)29-17-21(26-27-29)11-8-20-9-12-22(31-5)13-10-20/h9-10,12-13,17-19,23-24H,6-7,14-16H2,1-5H3/t18-,19-,23+,24-/m1/s1. The summed E-state index contributed by atoms with van der Waals surface area (Å²) >= 11 is 0. The zero-order valence-corrected chi connectivity index (χ0v) is 19.7. The van der Waals surface area contributed by atoms with Gasteiger partial charge in [-0.15, -0.1) is 5.10 Å². The molecule has 2 heterocycles. The average Bonchev–Trinajstić information content (AvgIpc) is 3.48. The van der Waals surface area contributed by atoms with Crippen molar-refractivity contribution in [3.05, 3.63) is 41.7 Å². The van der Waals surface area contributed by atoms with Crippen LogP contribution in [-0.4, -0.2) is 58.2 Å². The van der Waals surface area contributed by atoms with E-state index in [1.54, 1.807) is 7.11 Å². The minimum Gasteiger partial charge on any atom is -0.497 e. The maximum Gasteiger partial charge on any atom is 0.228 e. The summed E-state index contributed by atoms with van der Waals surface area (Å²) in [7, 11) is 1.64. The number of carbonyl (C=O) groups is 1. The number of amides is 1. The van der Waals surface area contributed by atoms with Crippen LogP contribution >= 0.6 is 0 Å². The molecule has 32 heavy (non-hydrogen) atoms. The number of nitrogens with zero attached hydrogens (tertiary/aromatic N) is 4. The van der Waals surface area contributed by atoms with E-state index in [2.05, 4.69) is 29.1 Å². The second-order valence-electron chi connectivity index (χ2n) is 8.32. The summed E-state index contributed by atoms with van der Waals surface area (Å²) in [6.45, 7) is 9.61. The molecular formula is C25H34N4O3. The van der Waals surface area contributed by atoms with E-state index in [0.29, 0.717) is 5.69 Å².